The molecular formula is C11H16. The van der Waals surface area contributed by atoms with Crippen molar-refractivity contribution >= 4 is 0 Å². The van der Waals surface area contributed by atoms with Gasteiger partial charge in [0.05, 0.1) is 0 Å². The van der Waals surface area contributed by atoms with Crippen LogP contribution in [0.1, 0.15) is 32.1 Å². The minimum atomic E-state index is 1.11. The van der Waals surface area contributed by atoms with E-state index in [0.29, 0.717) is 0 Å². The maximum atomic E-state index is 2.28. The van der Waals surface area contributed by atoms with Crippen molar-refractivity contribution < 1.29 is 0 Å². The van der Waals surface area contributed by atoms with Gasteiger partial charge >= 0.3 is 0 Å². The molecule has 0 atom stereocenters. The summed E-state index contributed by atoms with van der Waals surface area (Å²) in [4.78, 5) is 0. The normalized spacial score (nSPS) is 28.4. The van der Waals surface area contributed by atoms with E-state index in [9.17, 15) is 0 Å². The summed E-state index contributed by atoms with van der Waals surface area (Å²) in [5.41, 5.74) is 0. The van der Waals surface area contributed by atoms with E-state index < -0.39 is 0 Å². The first-order valence-electron chi connectivity index (χ1n) is 4.45. The lowest BCUT2D eigenvalue weighted by atomic mass is 10.2. The molecule has 0 aromatic heterocycles. The third kappa shape index (κ3) is 4.60. The predicted molar refractivity (Wildman–Crippen MR) is 50.5 cm³/mol. The number of rotatable bonds is 0. The van der Waals surface area contributed by atoms with Crippen LogP contribution in [0.3, 0.4) is 0 Å². The van der Waals surface area contributed by atoms with Crippen LogP contribution in [0.15, 0.2) is 36.5 Å². The van der Waals surface area contributed by atoms with E-state index in [0.717, 1.165) is 6.42 Å². The molecule has 0 bridgehead atoms. The molecule has 60 valence electrons. The third-order valence-corrected chi connectivity index (χ3v) is 1.77. The van der Waals surface area contributed by atoms with Gasteiger partial charge in [0, 0.05) is 0 Å². The molecule has 1 aliphatic rings. The number of hydrogen-bond acceptors (Lipinski definition) is 0. The van der Waals surface area contributed by atoms with E-state index in [4.69, 9.17) is 0 Å². The van der Waals surface area contributed by atoms with Gasteiger partial charge in [-0.2, -0.15) is 0 Å². The quantitative estimate of drug-likeness (QED) is 0.460. The summed E-state index contributed by atoms with van der Waals surface area (Å²) in [6.45, 7) is 0. The van der Waals surface area contributed by atoms with Gasteiger partial charge in [-0.3, -0.25) is 0 Å². The van der Waals surface area contributed by atoms with Gasteiger partial charge < -0.3 is 0 Å². The molecule has 1 aliphatic carbocycles. The van der Waals surface area contributed by atoms with E-state index >= 15 is 0 Å². The Labute approximate surface area is 69.3 Å². The van der Waals surface area contributed by atoms with Crippen LogP contribution in [0.25, 0.3) is 0 Å². The SMILES string of the molecule is C1=C/CC/C=C/CC/C=C/C/1. The van der Waals surface area contributed by atoms with Crippen molar-refractivity contribution in [2.24, 2.45) is 0 Å². The van der Waals surface area contributed by atoms with Crippen molar-refractivity contribution in [1.29, 1.82) is 0 Å². The molecule has 0 heterocycles. The molecule has 0 saturated heterocycles. The lowest BCUT2D eigenvalue weighted by molar-refractivity contribution is 1.01. The summed E-state index contributed by atoms with van der Waals surface area (Å²) in [5.74, 6) is 0. The van der Waals surface area contributed by atoms with Gasteiger partial charge in [-0.25, -0.2) is 0 Å². The van der Waals surface area contributed by atoms with Crippen LogP contribution in [0.2, 0.25) is 0 Å². The highest BCUT2D eigenvalue weighted by Gasteiger charge is 1.80. The minimum absolute atomic E-state index is 1.11. The van der Waals surface area contributed by atoms with Gasteiger partial charge in [-0.05, 0) is 32.1 Å². The largest absolute Gasteiger partial charge is 0.0882 e. The summed E-state index contributed by atoms with van der Waals surface area (Å²) in [7, 11) is 0. The molecule has 0 saturated carbocycles. The zero-order valence-electron chi connectivity index (χ0n) is 7.00. The number of hydrogen-bond donors (Lipinski definition) is 0. The Morgan fingerprint density at radius 3 is 1.27 bits per heavy atom. The lowest BCUT2D eigenvalue weighted by Gasteiger charge is -1.85. The molecule has 0 amide bonds. The Morgan fingerprint density at radius 2 is 0.818 bits per heavy atom. The molecule has 0 N–H and O–H groups in total. The molecule has 0 aromatic rings. The van der Waals surface area contributed by atoms with E-state index in [2.05, 4.69) is 36.5 Å². The Balaban J connectivity index is 2.34. The first-order chi connectivity index (χ1) is 5.50. The first kappa shape index (κ1) is 8.32. The van der Waals surface area contributed by atoms with Crippen LogP contribution in [0.4, 0.5) is 0 Å². The van der Waals surface area contributed by atoms with Crippen molar-refractivity contribution in [3.8, 4) is 0 Å². The van der Waals surface area contributed by atoms with Crippen LogP contribution in [0, 0.1) is 0 Å². The maximum Gasteiger partial charge on any atom is -0.0169 e. The predicted octanol–water partition coefficient (Wildman–Crippen LogP) is 3.62. The third-order valence-electron chi connectivity index (χ3n) is 1.77. The van der Waals surface area contributed by atoms with Crippen molar-refractivity contribution in [3.05, 3.63) is 36.5 Å². The second-order valence-corrected chi connectivity index (χ2v) is 2.80. The molecule has 1 rings (SSSR count). The van der Waals surface area contributed by atoms with E-state index in [1.54, 1.807) is 0 Å². The number of allylic oxidation sites excluding steroid dienone is 6. The molecule has 0 aromatic carbocycles. The average Bonchev–Trinajstić information content (AvgIpc) is 2.08. The molecule has 0 heteroatoms. The minimum Gasteiger partial charge on any atom is -0.0882 e. The first-order valence-corrected chi connectivity index (χ1v) is 4.45. The Kier molecular flexibility index (Phi) is 4.51. The molecule has 0 radical (unpaired) electrons. The summed E-state index contributed by atoms with van der Waals surface area (Å²) in [6, 6.07) is 0. The van der Waals surface area contributed by atoms with Gasteiger partial charge in [-0.1, -0.05) is 36.5 Å². The standard InChI is InChI=1S/C11H16/c1-2-4-6-8-10-11-9-7-5-3-1/h1-2,5,7-8,10H,3-4,6,9,11H2/b2-1+,7-5+,10-8+. The highest BCUT2D eigenvalue weighted by atomic mass is 13.9. The molecule has 0 spiro atoms. The molecule has 0 fully saturated rings. The van der Waals surface area contributed by atoms with Gasteiger partial charge in [0.15, 0.2) is 0 Å². The topological polar surface area (TPSA) is 0 Å². The van der Waals surface area contributed by atoms with Crippen LogP contribution in [0.5, 0.6) is 0 Å². The lowest BCUT2D eigenvalue weighted by Crippen LogP contribution is -1.65. The van der Waals surface area contributed by atoms with Crippen LogP contribution < -0.4 is 0 Å². The van der Waals surface area contributed by atoms with Crippen molar-refractivity contribution in [3.63, 3.8) is 0 Å². The summed E-state index contributed by atoms with van der Waals surface area (Å²) in [5, 5.41) is 0. The van der Waals surface area contributed by atoms with Gasteiger partial charge in [0.2, 0.25) is 0 Å². The molecular weight excluding hydrogens is 132 g/mol. The van der Waals surface area contributed by atoms with E-state index in [1.807, 2.05) is 0 Å². The Hall–Kier alpha value is -0.780. The van der Waals surface area contributed by atoms with Crippen molar-refractivity contribution in [2.75, 3.05) is 0 Å². The van der Waals surface area contributed by atoms with Crippen molar-refractivity contribution in [1.82, 2.24) is 0 Å². The monoisotopic (exact) mass is 148 g/mol. The van der Waals surface area contributed by atoms with Gasteiger partial charge in [-0.15, -0.1) is 0 Å². The Bertz CT molecular complexity index is 143. The Morgan fingerprint density at radius 1 is 0.455 bits per heavy atom. The summed E-state index contributed by atoms with van der Waals surface area (Å²) >= 11 is 0. The molecule has 0 nitrogen and oxygen atoms in total. The second kappa shape index (κ2) is 5.96. The fraction of sp³-hybridized carbons (Fsp3) is 0.455. The fourth-order valence-corrected chi connectivity index (χ4v) is 1.13. The maximum absolute atomic E-state index is 2.28. The van der Waals surface area contributed by atoms with Gasteiger partial charge in [0.1, 0.15) is 0 Å². The smallest absolute Gasteiger partial charge is 0.0169 e. The highest BCUT2D eigenvalue weighted by molar-refractivity contribution is 4.96. The zero-order valence-corrected chi connectivity index (χ0v) is 7.00. The zero-order chi connectivity index (χ0) is 7.78. The van der Waals surface area contributed by atoms with Crippen molar-refractivity contribution in [2.45, 2.75) is 32.1 Å². The van der Waals surface area contributed by atoms with E-state index in [-0.39, 0.29) is 0 Å². The second-order valence-electron chi connectivity index (χ2n) is 2.80. The molecule has 0 unspecified atom stereocenters. The van der Waals surface area contributed by atoms with Gasteiger partial charge in [0.25, 0.3) is 0 Å². The molecule has 0 aliphatic heterocycles. The van der Waals surface area contributed by atoms with E-state index in [1.165, 1.54) is 25.7 Å². The average molecular weight is 148 g/mol. The van der Waals surface area contributed by atoms with Crippen LogP contribution in [-0.4, -0.2) is 0 Å². The van der Waals surface area contributed by atoms with Crippen LogP contribution in [-0.2, 0) is 0 Å². The fourth-order valence-electron chi connectivity index (χ4n) is 1.13. The summed E-state index contributed by atoms with van der Waals surface area (Å²) in [6.07, 6.45) is 19.5. The highest BCUT2D eigenvalue weighted by Crippen LogP contribution is 2.01. The van der Waals surface area contributed by atoms with Crippen LogP contribution >= 0.6 is 0 Å². The summed E-state index contributed by atoms with van der Waals surface area (Å²) < 4.78 is 0. The molecule has 11 heavy (non-hydrogen) atoms.